The Morgan fingerprint density at radius 1 is 1.14 bits per heavy atom. The Morgan fingerprint density at radius 2 is 1.77 bits per heavy atom. The van der Waals surface area contributed by atoms with Gasteiger partial charge >= 0.3 is 0 Å². The van der Waals surface area contributed by atoms with Crippen molar-refractivity contribution >= 4 is 15.7 Å². The van der Waals surface area contributed by atoms with Crippen molar-refractivity contribution in [3.8, 4) is 0 Å². The lowest BCUT2D eigenvalue weighted by Crippen LogP contribution is -3.19. The zero-order chi connectivity index (χ0) is 15.7. The third-order valence-corrected chi connectivity index (χ3v) is 6.28. The summed E-state index contributed by atoms with van der Waals surface area (Å²) in [6.07, 6.45) is -0.781. The number of sulfone groups is 1. The number of nitrogens with one attached hydrogen (secondary N) is 1. The summed E-state index contributed by atoms with van der Waals surface area (Å²) < 4.78 is 23.2. The van der Waals surface area contributed by atoms with Gasteiger partial charge in [0.1, 0.15) is 17.9 Å². The van der Waals surface area contributed by atoms with Gasteiger partial charge in [-0.1, -0.05) is 18.2 Å². The lowest BCUT2D eigenvalue weighted by atomic mass is 10.1. The number of hydrogen-bond acceptors (Lipinski definition) is 4. The fourth-order valence-electron chi connectivity index (χ4n) is 3.35. The Bertz CT molecular complexity index is 639. The molecule has 2 saturated heterocycles. The van der Waals surface area contributed by atoms with Gasteiger partial charge in [0, 0.05) is 5.56 Å². The Balaban J connectivity index is 1.60. The highest BCUT2D eigenvalue weighted by atomic mass is 32.2. The second-order valence-corrected chi connectivity index (χ2v) is 8.22. The average Bonchev–Trinajstić information content (AvgIpc) is 2.80. The van der Waals surface area contributed by atoms with Crippen molar-refractivity contribution < 1.29 is 23.2 Å². The summed E-state index contributed by atoms with van der Waals surface area (Å²) in [7, 11) is -3.12. The smallest absolute Gasteiger partial charge is 0.254 e. The number of piperazine rings is 1. The topological polar surface area (TPSA) is 79.1 Å². The van der Waals surface area contributed by atoms with Gasteiger partial charge in [0.25, 0.3) is 5.91 Å². The first kappa shape index (κ1) is 15.5. The van der Waals surface area contributed by atoms with Crippen molar-refractivity contribution in [3.63, 3.8) is 0 Å². The first-order valence-corrected chi connectivity index (χ1v) is 9.36. The first-order valence-electron chi connectivity index (χ1n) is 7.54. The fourth-order valence-corrected chi connectivity index (χ4v) is 5.24. The minimum atomic E-state index is -3.12. The van der Waals surface area contributed by atoms with Crippen LogP contribution in [0.3, 0.4) is 0 Å². The summed E-state index contributed by atoms with van der Waals surface area (Å²) in [5.41, 5.74) is 0.675. The van der Waals surface area contributed by atoms with Crippen molar-refractivity contribution in [2.45, 2.75) is 12.1 Å². The monoisotopic (exact) mass is 325 g/mol. The van der Waals surface area contributed by atoms with Crippen LogP contribution < -0.4 is 4.90 Å². The first-order chi connectivity index (χ1) is 10.5. The molecule has 2 atom stereocenters. The minimum Gasteiger partial charge on any atom is -0.386 e. The number of rotatable bonds is 2. The lowest BCUT2D eigenvalue weighted by Gasteiger charge is -2.35. The Hall–Kier alpha value is -1.44. The zero-order valence-electron chi connectivity index (χ0n) is 12.3. The SMILES string of the molecule is O=C(c1ccccc1)N1CC[NH+]([C@H]2CS(=O)(=O)C[C@@H]2O)CC1. The molecule has 0 unspecified atom stereocenters. The minimum absolute atomic E-state index is 0.0132. The van der Waals surface area contributed by atoms with E-state index in [9.17, 15) is 18.3 Å². The zero-order valence-corrected chi connectivity index (χ0v) is 13.1. The van der Waals surface area contributed by atoms with Crippen LogP contribution in [0.5, 0.6) is 0 Å². The maximum atomic E-state index is 12.4. The van der Waals surface area contributed by atoms with E-state index in [0.717, 1.165) is 4.90 Å². The molecule has 2 aliphatic heterocycles. The van der Waals surface area contributed by atoms with Crippen molar-refractivity contribution in [2.75, 3.05) is 37.7 Å². The van der Waals surface area contributed by atoms with Crippen LogP contribution in [0, 0.1) is 0 Å². The summed E-state index contributed by atoms with van der Waals surface area (Å²) in [5, 5.41) is 9.95. The summed E-state index contributed by atoms with van der Waals surface area (Å²) in [4.78, 5) is 15.3. The fraction of sp³-hybridized carbons (Fsp3) is 0.533. The Labute approximate surface area is 130 Å². The summed E-state index contributed by atoms with van der Waals surface area (Å²) in [6.45, 7) is 2.53. The molecule has 2 fully saturated rings. The molecule has 1 amide bonds. The number of carbonyl (C=O) groups excluding carboxylic acids is 1. The predicted molar refractivity (Wildman–Crippen MR) is 81.5 cm³/mol. The lowest BCUT2D eigenvalue weighted by molar-refractivity contribution is -0.929. The quantitative estimate of drug-likeness (QED) is 0.671. The molecule has 0 aromatic heterocycles. The number of aliphatic hydroxyl groups is 1. The van der Waals surface area contributed by atoms with E-state index >= 15 is 0 Å². The van der Waals surface area contributed by atoms with Crippen LogP contribution in [-0.4, -0.2) is 74.2 Å². The molecule has 1 aromatic carbocycles. The molecule has 1 aromatic rings. The van der Waals surface area contributed by atoms with E-state index in [2.05, 4.69) is 0 Å². The number of aliphatic hydroxyl groups excluding tert-OH is 1. The molecule has 3 rings (SSSR count). The van der Waals surface area contributed by atoms with Gasteiger partial charge in [-0.3, -0.25) is 4.79 Å². The maximum Gasteiger partial charge on any atom is 0.254 e. The second-order valence-electron chi connectivity index (χ2n) is 6.07. The number of carbonyl (C=O) groups is 1. The molecule has 0 bridgehead atoms. The highest BCUT2D eigenvalue weighted by Crippen LogP contribution is 2.11. The average molecular weight is 325 g/mol. The van der Waals surface area contributed by atoms with E-state index in [0.29, 0.717) is 31.7 Å². The second kappa shape index (κ2) is 5.98. The molecule has 6 nitrogen and oxygen atoms in total. The van der Waals surface area contributed by atoms with Gasteiger partial charge in [0.2, 0.25) is 0 Å². The van der Waals surface area contributed by atoms with Crippen LogP contribution in [0.1, 0.15) is 10.4 Å². The molecule has 2 N–H and O–H groups in total. The van der Waals surface area contributed by atoms with Crippen molar-refractivity contribution in [1.29, 1.82) is 0 Å². The molecule has 2 heterocycles. The van der Waals surface area contributed by atoms with Crippen LogP contribution in [-0.2, 0) is 9.84 Å². The Kier molecular flexibility index (Phi) is 4.20. The molecule has 22 heavy (non-hydrogen) atoms. The van der Waals surface area contributed by atoms with Crippen LogP contribution in [0.15, 0.2) is 30.3 Å². The van der Waals surface area contributed by atoms with Gasteiger partial charge in [-0.2, -0.15) is 0 Å². The van der Waals surface area contributed by atoms with Gasteiger partial charge in [-0.05, 0) is 12.1 Å². The number of hydrogen-bond donors (Lipinski definition) is 2. The molecule has 120 valence electrons. The van der Waals surface area contributed by atoms with Crippen LogP contribution in [0.25, 0.3) is 0 Å². The standard InChI is InChI=1S/C15H20N2O4S/c18-14-11-22(20,21)10-13(14)16-6-8-17(9-7-16)15(19)12-4-2-1-3-5-12/h1-5,13-14,18H,6-11H2/p+1/t13-,14-/m0/s1. The molecule has 0 saturated carbocycles. The van der Waals surface area contributed by atoms with Gasteiger partial charge in [-0.15, -0.1) is 0 Å². The molecular formula is C15H21N2O4S+. The molecule has 2 aliphatic rings. The maximum absolute atomic E-state index is 12.4. The van der Waals surface area contributed by atoms with Gasteiger partial charge < -0.3 is 14.9 Å². The molecule has 0 spiro atoms. The number of nitrogens with zero attached hydrogens (tertiary/aromatic N) is 1. The van der Waals surface area contributed by atoms with E-state index in [1.807, 2.05) is 18.2 Å². The number of amides is 1. The van der Waals surface area contributed by atoms with Crippen molar-refractivity contribution in [1.82, 2.24) is 4.90 Å². The van der Waals surface area contributed by atoms with Gasteiger partial charge in [-0.25, -0.2) is 8.42 Å². The number of benzene rings is 1. The van der Waals surface area contributed by atoms with Crippen molar-refractivity contribution in [3.05, 3.63) is 35.9 Å². The van der Waals surface area contributed by atoms with Crippen LogP contribution in [0.2, 0.25) is 0 Å². The summed E-state index contributed by atoms with van der Waals surface area (Å²) in [6, 6.07) is 8.91. The third-order valence-electron chi connectivity index (χ3n) is 4.56. The largest absolute Gasteiger partial charge is 0.386 e. The van der Waals surface area contributed by atoms with Gasteiger partial charge in [0.05, 0.1) is 31.9 Å². The summed E-state index contributed by atoms with van der Waals surface area (Å²) >= 11 is 0. The molecular weight excluding hydrogens is 304 g/mol. The predicted octanol–water partition coefficient (Wildman–Crippen LogP) is -1.81. The molecule has 7 heteroatoms. The van der Waals surface area contributed by atoms with Crippen molar-refractivity contribution in [2.24, 2.45) is 0 Å². The van der Waals surface area contributed by atoms with Crippen LogP contribution in [0.4, 0.5) is 0 Å². The van der Waals surface area contributed by atoms with Crippen LogP contribution >= 0.6 is 0 Å². The normalized spacial score (nSPS) is 28.7. The van der Waals surface area contributed by atoms with E-state index in [1.54, 1.807) is 17.0 Å². The third kappa shape index (κ3) is 3.16. The van der Waals surface area contributed by atoms with Gasteiger partial charge in [0.15, 0.2) is 9.84 Å². The van der Waals surface area contributed by atoms with E-state index < -0.39 is 15.9 Å². The highest BCUT2D eigenvalue weighted by Gasteiger charge is 2.44. The van der Waals surface area contributed by atoms with E-state index in [-0.39, 0.29) is 23.5 Å². The molecule has 0 radical (unpaired) electrons. The highest BCUT2D eigenvalue weighted by molar-refractivity contribution is 7.91. The molecule has 0 aliphatic carbocycles. The Morgan fingerprint density at radius 3 is 2.32 bits per heavy atom. The summed E-state index contributed by atoms with van der Waals surface area (Å²) in [5.74, 6) is -0.0662. The van der Waals surface area contributed by atoms with E-state index in [1.165, 1.54) is 0 Å². The number of quaternary nitrogens is 1. The van der Waals surface area contributed by atoms with E-state index in [4.69, 9.17) is 0 Å².